The quantitative estimate of drug-likeness (QED) is 0.179. The van der Waals surface area contributed by atoms with Gasteiger partial charge in [0.2, 0.25) is 0 Å². The summed E-state index contributed by atoms with van der Waals surface area (Å²) >= 11 is 0. The molecule has 0 fully saturated rings. The van der Waals surface area contributed by atoms with E-state index in [-0.39, 0.29) is 11.4 Å². The summed E-state index contributed by atoms with van der Waals surface area (Å²) < 4.78 is 26.7. The van der Waals surface area contributed by atoms with Crippen LogP contribution in [0.2, 0.25) is 0 Å². The molecule has 1 atom stereocenters. The van der Waals surface area contributed by atoms with Crippen LogP contribution in [0.1, 0.15) is 54.4 Å². The van der Waals surface area contributed by atoms with E-state index in [0.29, 0.717) is 12.5 Å². The summed E-state index contributed by atoms with van der Waals surface area (Å²) in [4.78, 5) is 0. The predicted octanol–water partition coefficient (Wildman–Crippen LogP) is 8.18. The van der Waals surface area contributed by atoms with Crippen LogP contribution in [0.4, 0.5) is 4.39 Å². The van der Waals surface area contributed by atoms with Gasteiger partial charge in [-0.25, -0.2) is 4.39 Å². The average Bonchev–Trinajstić information content (AvgIpc) is 2.96. The summed E-state index contributed by atoms with van der Waals surface area (Å²) in [5.74, 6) is 1.92. The molecule has 0 amide bonds. The van der Waals surface area contributed by atoms with E-state index in [1.165, 1.54) is 28.8 Å². The number of rotatable bonds is 11. The first-order valence-corrected chi connectivity index (χ1v) is 14.4. The molecule has 1 heterocycles. The van der Waals surface area contributed by atoms with E-state index in [4.69, 9.17) is 9.47 Å². The Morgan fingerprint density at radius 2 is 1.52 bits per heavy atom. The molecule has 0 bridgehead atoms. The van der Waals surface area contributed by atoms with E-state index < -0.39 is 0 Å². The van der Waals surface area contributed by atoms with Crippen molar-refractivity contribution in [2.75, 3.05) is 27.2 Å². The molecule has 0 radical (unpaired) electrons. The standard InChI is InChI=1S/C36H41FNO2/c1-36(23-21-31-25-33(19-20-35(31)40-36)39-27-28-15-17-32(37)18-16-28)22-10-24-38(2,3)26-34(29-11-6-4-7-12-29)30-13-8-5-9-14-30/h4-9,11-20,25,34H,10,21-24,26-27H2,1-3H3/q+1. The van der Waals surface area contributed by atoms with Gasteiger partial charge in [-0.1, -0.05) is 72.8 Å². The molecule has 0 saturated heterocycles. The van der Waals surface area contributed by atoms with Crippen LogP contribution in [-0.2, 0) is 13.0 Å². The highest BCUT2D eigenvalue weighted by Crippen LogP contribution is 2.38. The first kappa shape index (κ1) is 27.9. The van der Waals surface area contributed by atoms with Crippen molar-refractivity contribution in [1.29, 1.82) is 0 Å². The van der Waals surface area contributed by atoms with Crippen molar-refractivity contribution in [2.45, 2.75) is 50.7 Å². The Morgan fingerprint density at radius 1 is 0.875 bits per heavy atom. The van der Waals surface area contributed by atoms with Crippen LogP contribution in [0.5, 0.6) is 11.5 Å². The maximum Gasteiger partial charge on any atom is 0.123 e. The second-order valence-electron chi connectivity index (χ2n) is 12.1. The van der Waals surface area contributed by atoms with Crippen LogP contribution < -0.4 is 9.47 Å². The van der Waals surface area contributed by atoms with Gasteiger partial charge in [0.15, 0.2) is 0 Å². The topological polar surface area (TPSA) is 18.5 Å². The smallest absolute Gasteiger partial charge is 0.123 e. The van der Waals surface area contributed by atoms with E-state index in [1.54, 1.807) is 12.1 Å². The highest BCUT2D eigenvalue weighted by Gasteiger charge is 2.33. The number of hydrogen-bond acceptors (Lipinski definition) is 2. The van der Waals surface area contributed by atoms with E-state index >= 15 is 0 Å². The summed E-state index contributed by atoms with van der Waals surface area (Å²) in [5.41, 5.74) is 4.73. The molecule has 0 N–H and O–H groups in total. The number of likely N-dealkylation sites (N-methyl/N-ethyl adjacent to an activating group) is 1. The summed E-state index contributed by atoms with van der Waals surface area (Å²) in [6, 6.07) is 34.3. The maximum atomic E-state index is 13.2. The molecule has 0 saturated carbocycles. The van der Waals surface area contributed by atoms with Crippen LogP contribution in [0.3, 0.4) is 0 Å². The molecule has 4 aromatic rings. The van der Waals surface area contributed by atoms with Crippen LogP contribution in [0.25, 0.3) is 0 Å². The first-order valence-electron chi connectivity index (χ1n) is 14.4. The fourth-order valence-corrected chi connectivity index (χ4v) is 5.82. The number of aryl methyl sites for hydroxylation is 1. The van der Waals surface area contributed by atoms with Gasteiger partial charge in [0.25, 0.3) is 0 Å². The van der Waals surface area contributed by atoms with Gasteiger partial charge in [-0.15, -0.1) is 0 Å². The van der Waals surface area contributed by atoms with Gasteiger partial charge in [-0.2, -0.15) is 0 Å². The van der Waals surface area contributed by atoms with Crippen LogP contribution >= 0.6 is 0 Å². The molecule has 4 aromatic carbocycles. The molecule has 1 aliphatic heterocycles. The van der Waals surface area contributed by atoms with Crippen molar-refractivity contribution < 1.29 is 18.3 Å². The zero-order valence-corrected chi connectivity index (χ0v) is 24.0. The molecule has 0 aromatic heterocycles. The second-order valence-corrected chi connectivity index (χ2v) is 12.1. The lowest BCUT2D eigenvalue weighted by Crippen LogP contribution is -2.45. The molecule has 3 nitrogen and oxygen atoms in total. The van der Waals surface area contributed by atoms with Gasteiger partial charge in [0.05, 0.1) is 33.1 Å². The van der Waals surface area contributed by atoms with Gasteiger partial charge in [0.1, 0.15) is 29.5 Å². The van der Waals surface area contributed by atoms with E-state index in [1.807, 2.05) is 12.1 Å². The normalized spacial score (nSPS) is 16.8. The minimum Gasteiger partial charge on any atom is -0.489 e. The average molecular weight is 539 g/mol. The fraction of sp³-hybridized carbons (Fsp3) is 0.333. The molecule has 4 heteroatoms. The largest absolute Gasteiger partial charge is 0.489 e. The van der Waals surface area contributed by atoms with Crippen molar-refractivity contribution in [3.8, 4) is 11.5 Å². The lowest BCUT2D eigenvalue weighted by Gasteiger charge is -2.38. The van der Waals surface area contributed by atoms with Crippen molar-refractivity contribution >= 4 is 0 Å². The Balaban J connectivity index is 1.16. The Morgan fingerprint density at radius 3 is 2.17 bits per heavy atom. The molecular weight excluding hydrogens is 497 g/mol. The summed E-state index contributed by atoms with van der Waals surface area (Å²) in [6.45, 7) is 4.82. The Bertz CT molecular complexity index is 1330. The Hall–Kier alpha value is -3.63. The van der Waals surface area contributed by atoms with Crippen LogP contribution in [-0.4, -0.2) is 37.3 Å². The highest BCUT2D eigenvalue weighted by molar-refractivity contribution is 5.42. The van der Waals surface area contributed by atoms with Gasteiger partial charge < -0.3 is 14.0 Å². The van der Waals surface area contributed by atoms with Crippen molar-refractivity contribution in [1.82, 2.24) is 0 Å². The van der Waals surface area contributed by atoms with E-state index in [0.717, 1.165) is 60.3 Å². The number of fused-ring (bicyclic) bond motifs is 1. The molecule has 0 spiro atoms. The van der Waals surface area contributed by atoms with Crippen molar-refractivity contribution in [3.05, 3.63) is 131 Å². The fourth-order valence-electron chi connectivity index (χ4n) is 5.82. The molecule has 208 valence electrons. The highest BCUT2D eigenvalue weighted by atomic mass is 19.1. The van der Waals surface area contributed by atoms with Crippen LogP contribution in [0, 0.1) is 5.82 Å². The molecule has 1 aliphatic rings. The molecule has 40 heavy (non-hydrogen) atoms. The molecular formula is C36H41FNO2+. The Kier molecular flexibility index (Phi) is 8.56. The second kappa shape index (κ2) is 12.3. The van der Waals surface area contributed by atoms with E-state index in [9.17, 15) is 4.39 Å². The number of nitrogens with zero attached hydrogens (tertiary/aromatic N) is 1. The summed E-state index contributed by atoms with van der Waals surface area (Å²) in [5, 5.41) is 0. The summed E-state index contributed by atoms with van der Waals surface area (Å²) in [6.07, 6.45) is 4.10. The predicted molar refractivity (Wildman–Crippen MR) is 160 cm³/mol. The van der Waals surface area contributed by atoms with Gasteiger partial charge in [-0.3, -0.25) is 0 Å². The summed E-state index contributed by atoms with van der Waals surface area (Å²) in [7, 11) is 4.71. The molecule has 5 rings (SSSR count). The third-order valence-electron chi connectivity index (χ3n) is 8.18. The van der Waals surface area contributed by atoms with E-state index in [2.05, 4.69) is 87.7 Å². The number of ether oxygens (including phenoxy) is 2. The third kappa shape index (κ3) is 7.31. The lowest BCUT2D eigenvalue weighted by molar-refractivity contribution is -0.891. The number of halogens is 1. The SMILES string of the molecule is CC1(CCC[N+](C)(C)CC(c2ccccc2)c2ccccc2)CCc2cc(OCc3ccc(F)cc3)ccc2O1. The zero-order chi connectivity index (χ0) is 28.0. The number of benzene rings is 4. The minimum absolute atomic E-state index is 0.165. The zero-order valence-electron chi connectivity index (χ0n) is 24.0. The maximum absolute atomic E-state index is 13.2. The van der Waals surface area contributed by atoms with Gasteiger partial charge in [0, 0.05) is 6.42 Å². The minimum atomic E-state index is -0.233. The molecule has 1 unspecified atom stereocenters. The first-order chi connectivity index (χ1) is 19.3. The monoisotopic (exact) mass is 538 g/mol. The number of hydrogen-bond donors (Lipinski definition) is 0. The van der Waals surface area contributed by atoms with Crippen molar-refractivity contribution in [2.24, 2.45) is 0 Å². The van der Waals surface area contributed by atoms with Gasteiger partial charge in [-0.05, 0) is 78.8 Å². The molecule has 0 aliphatic carbocycles. The number of quaternary nitrogens is 1. The third-order valence-corrected chi connectivity index (χ3v) is 8.18. The lowest BCUT2D eigenvalue weighted by atomic mass is 9.88. The van der Waals surface area contributed by atoms with Crippen molar-refractivity contribution in [3.63, 3.8) is 0 Å². The van der Waals surface area contributed by atoms with Crippen LogP contribution in [0.15, 0.2) is 103 Å². The van der Waals surface area contributed by atoms with Gasteiger partial charge >= 0.3 is 0 Å². The Labute approximate surface area is 238 Å².